The predicted octanol–water partition coefficient (Wildman–Crippen LogP) is 1.02. The summed E-state index contributed by atoms with van der Waals surface area (Å²) in [5.41, 5.74) is 0.692. The first-order valence-corrected chi connectivity index (χ1v) is 3.40. The molecule has 0 aliphatic carbocycles. The van der Waals surface area contributed by atoms with Gasteiger partial charge >= 0.3 is 0 Å². The van der Waals surface area contributed by atoms with Crippen LogP contribution >= 0.6 is 11.6 Å². The van der Waals surface area contributed by atoms with Crippen LogP contribution < -0.4 is 4.43 Å². The van der Waals surface area contributed by atoms with Crippen molar-refractivity contribution in [2.24, 2.45) is 0 Å². The average molecular weight is 175 g/mol. The molecule has 1 rings (SSSR count). The molecular weight excluding hydrogens is 168 g/mol. The molecule has 0 radical (unpaired) electrons. The number of hydrogen-bond acceptors (Lipinski definition) is 2. The van der Waals surface area contributed by atoms with Crippen LogP contribution in [-0.4, -0.2) is 4.73 Å². The molecule has 60 valence electrons. The predicted molar refractivity (Wildman–Crippen MR) is 41.0 cm³/mol. The first kappa shape index (κ1) is 8.07. The topological polar surface area (TPSA) is 51.0 Å². The van der Waals surface area contributed by atoms with E-state index in [2.05, 4.69) is 0 Å². The maximum atomic E-state index is 11.0. The van der Waals surface area contributed by atoms with Crippen LogP contribution in [0.5, 0.6) is 0 Å². The smallest absolute Gasteiger partial charge is 0.263 e. The highest BCUT2D eigenvalue weighted by Gasteiger charge is 2.09. The molecule has 0 fully saturated rings. The highest BCUT2D eigenvalue weighted by atomic mass is 35.5. The van der Waals surface area contributed by atoms with Gasteiger partial charge in [0.05, 0.1) is 10.1 Å². The van der Waals surface area contributed by atoms with Crippen LogP contribution in [0.25, 0.3) is 0 Å². The van der Waals surface area contributed by atoms with Crippen molar-refractivity contribution in [1.82, 2.24) is 4.73 Å². The highest BCUT2D eigenvalue weighted by Crippen LogP contribution is 2.08. The first-order valence-electron chi connectivity index (χ1n) is 3.02. The Bertz CT molecular complexity index is 345. The second kappa shape index (κ2) is 2.54. The van der Waals surface area contributed by atoms with E-state index in [1.807, 2.05) is 0 Å². The highest BCUT2D eigenvalue weighted by molar-refractivity contribution is 6.29. The quantitative estimate of drug-likeness (QED) is 0.552. The van der Waals surface area contributed by atoms with Crippen LogP contribution in [-0.2, 0) is 0 Å². The van der Waals surface area contributed by atoms with Crippen molar-refractivity contribution in [3.63, 3.8) is 0 Å². The van der Waals surface area contributed by atoms with E-state index in [0.717, 1.165) is 6.20 Å². The summed E-state index contributed by atoms with van der Waals surface area (Å²) in [6, 6.07) is 0. The normalized spacial score (nSPS) is 10.1. The van der Waals surface area contributed by atoms with Gasteiger partial charge in [0.2, 0.25) is 0 Å². The van der Waals surface area contributed by atoms with E-state index in [4.69, 9.17) is 11.6 Å². The molecule has 11 heavy (non-hydrogen) atoms. The maximum Gasteiger partial charge on any atom is 0.263 e. The Morgan fingerprint density at radius 2 is 2.18 bits per heavy atom. The summed E-state index contributed by atoms with van der Waals surface area (Å²) in [7, 11) is 0. The standard InChI is InChI=1S/C6H7ClN2O2/c1-4-5(2)9(11)6(7)3-8(4)10/h3H,1-2H3. The third kappa shape index (κ3) is 1.21. The van der Waals surface area contributed by atoms with Crippen molar-refractivity contribution in [2.45, 2.75) is 13.8 Å². The minimum atomic E-state index is -0.108. The van der Waals surface area contributed by atoms with E-state index in [9.17, 15) is 10.1 Å². The van der Waals surface area contributed by atoms with Gasteiger partial charge in [0, 0.05) is 11.8 Å². The Labute approximate surface area is 68.2 Å². The molecule has 0 aliphatic heterocycles. The van der Waals surface area contributed by atoms with Gasteiger partial charge in [-0.05, 0) is 6.92 Å². The molecular formula is C6H7ClN2O2. The van der Waals surface area contributed by atoms with E-state index in [0.29, 0.717) is 20.5 Å². The van der Waals surface area contributed by atoms with Crippen LogP contribution in [0.15, 0.2) is 6.20 Å². The number of hydrogen-bond donors (Lipinski definition) is 0. The number of nitrogens with zero attached hydrogens (tertiary/aromatic N) is 2. The molecule has 0 aliphatic rings. The van der Waals surface area contributed by atoms with Crippen LogP contribution in [0.3, 0.4) is 0 Å². The van der Waals surface area contributed by atoms with Crippen molar-refractivity contribution in [3.05, 3.63) is 32.9 Å². The Kier molecular flexibility index (Phi) is 1.87. The van der Waals surface area contributed by atoms with Gasteiger partial charge in [0.15, 0.2) is 5.15 Å². The van der Waals surface area contributed by atoms with Crippen LogP contribution in [0.4, 0.5) is 0 Å². The molecule has 1 aromatic heterocycles. The lowest BCUT2D eigenvalue weighted by Crippen LogP contribution is -2.22. The van der Waals surface area contributed by atoms with Gasteiger partial charge in [-0.1, -0.05) is 11.6 Å². The molecule has 0 saturated carbocycles. The SMILES string of the molecule is Cc1c(C)[n+](=O)cc(Cl)n1[O-]. The lowest BCUT2D eigenvalue weighted by Gasteiger charge is -2.13. The van der Waals surface area contributed by atoms with Crippen molar-refractivity contribution in [3.8, 4) is 0 Å². The molecule has 4 nitrogen and oxygen atoms in total. The lowest BCUT2D eigenvalue weighted by atomic mass is 10.3. The largest absolute Gasteiger partial charge is 0.805 e. The number of halogens is 1. The molecule has 0 atom stereocenters. The molecule has 5 heteroatoms. The minimum absolute atomic E-state index is 0.108. The van der Waals surface area contributed by atoms with Gasteiger partial charge in [0.25, 0.3) is 11.9 Å². The second-order valence-corrected chi connectivity index (χ2v) is 2.63. The van der Waals surface area contributed by atoms with Gasteiger partial charge in [-0.15, -0.1) is 0 Å². The van der Waals surface area contributed by atoms with E-state index in [-0.39, 0.29) is 5.15 Å². The molecule has 0 bridgehead atoms. The molecule has 1 heterocycles. The molecule has 0 spiro atoms. The van der Waals surface area contributed by atoms with Crippen LogP contribution in [0, 0.1) is 24.0 Å². The van der Waals surface area contributed by atoms with Crippen molar-refractivity contribution in [2.75, 3.05) is 0 Å². The van der Waals surface area contributed by atoms with Gasteiger partial charge in [-0.2, -0.15) is 0 Å². The summed E-state index contributed by atoms with van der Waals surface area (Å²) in [4.78, 5) is 10.9. The van der Waals surface area contributed by atoms with Crippen molar-refractivity contribution < 1.29 is 4.43 Å². The van der Waals surface area contributed by atoms with E-state index in [1.165, 1.54) is 0 Å². The van der Waals surface area contributed by atoms with E-state index < -0.39 is 0 Å². The maximum absolute atomic E-state index is 11.0. The monoisotopic (exact) mass is 174 g/mol. The summed E-state index contributed by atoms with van der Waals surface area (Å²) in [6.07, 6.45) is 1.04. The van der Waals surface area contributed by atoms with Gasteiger partial charge in [-0.25, -0.2) is 0 Å². The zero-order chi connectivity index (χ0) is 8.59. The van der Waals surface area contributed by atoms with E-state index >= 15 is 0 Å². The summed E-state index contributed by atoms with van der Waals surface area (Å²) >= 11 is 5.42. The lowest BCUT2D eigenvalue weighted by molar-refractivity contribution is -0.504. The fourth-order valence-electron chi connectivity index (χ4n) is 0.713. The molecule has 0 amide bonds. The van der Waals surface area contributed by atoms with Gasteiger partial charge in [-0.3, -0.25) is 0 Å². The fourth-order valence-corrected chi connectivity index (χ4v) is 0.928. The first-order chi connectivity index (χ1) is 5.04. The zero-order valence-electron chi connectivity index (χ0n) is 6.17. The summed E-state index contributed by atoms with van der Waals surface area (Å²) in [6.45, 7) is 3.11. The average Bonchev–Trinajstić information content (AvgIpc) is 1.97. The Balaban J connectivity index is 3.59. The Hall–Kier alpha value is -1.03. The number of rotatable bonds is 0. The summed E-state index contributed by atoms with van der Waals surface area (Å²) < 4.78 is 1.09. The van der Waals surface area contributed by atoms with Crippen molar-refractivity contribution >= 4 is 11.6 Å². The summed E-state index contributed by atoms with van der Waals surface area (Å²) in [5, 5.41) is 10.9. The second-order valence-electron chi connectivity index (χ2n) is 2.24. The van der Waals surface area contributed by atoms with Crippen LogP contribution in [0.1, 0.15) is 11.4 Å². The third-order valence-electron chi connectivity index (χ3n) is 1.58. The molecule has 0 unspecified atom stereocenters. The summed E-state index contributed by atoms with van der Waals surface area (Å²) in [5.74, 6) is 0. The van der Waals surface area contributed by atoms with Gasteiger partial charge < -0.3 is 9.94 Å². The van der Waals surface area contributed by atoms with Gasteiger partial charge in [0.1, 0.15) is 0 Å². The molecule has 0 aromatic carbocycles. The fraction of sp³-hybridized carbons (Fsp3) is 0.333. The third-order valence-corrected chi connectivity index (χ3v) is 1.83. The number of aromatic nitrogens is 2. The minimum Gasteiger partial charge on any atom is -0.805 e. The molecule has 0 N–H and O–H groups in total. The van der Waals surface area contributed by atoms with Crippen molar-refractivity contribution in [1.29, 1.82) is 0 Å². The van der Waals surface area contributed by atoms with Crippen LogP contribution in [0.2, 0.25) is 5.15 Å². The molecule has 0 saturated heterocycles. The molecule has 1 aromatic rings. The zero-order valence-corrected chi connectivity index (χ0v) is 6.92. The Morgan fingerprint density at radius 1 is 1.64 bits per heavy atom. The Morgan fingerprint density at radius 3 is 2.73 bits per heavy atom. The van der Waals surface area contributed by atoms with E-state index in [1.54, 1.807) is 13.8 Å².